The number of carbonyl (C=O) groups is 1. The van der Waals surface area contributed by atoms with Crippen molar-refractivity contribution in [2.24, 2.45) is 0 Å². The fraction of sp³-hybridized carbons (Fsp3) is 0.136. The highest BCUT2D eigenvalue weighted by Crippen LogP contribution is 2.30. The third-order valence-electron chi connectivity index (χ3n) is 4.31. The molecule has 3 aromatic rings. The summed E-state index contributed by atoms with van der Waals surface area (Å²) in [6.45, 7) is 2.29. The summed E-state index contributed by atoms with van der Waals surface area (Å²) in [4.78, 5) is 14.7. The highest BCUT2D eigenvalue weighted by atomic mass is 19.2. The molecule has 0 heterocycles. The number of carbonyl (C=O) groups excluding carboxylic acids is 1. The van der Waals surface area contributed by atoms with Crippen LogP contribution in [-0.4, -0.2) is 17.4 Å². The van der Waals surface area contributed by atoms with Gasteiger partial charge in [0.25, 0.3) is 5.91 Å². The molecule has 0 saturated carbocycles. The summed E-state index contributed by atoms with van der Waals surface area (Å²) in [6.07, 6.45) is 0. The lowest BCUT2D eigenvalue weighted by molar-refractivity contribution is 0.0716. The van der Waals surface area contributed by atoms with E-state index in [0.717, 1.165) is 23.3 Å². The number of hydrogen-bond donors (Lipinski definition) is 0. The topological polar surface area (TPSA) is 20.3 Å². The zero-order valence-corrected chi connectivity index (χ0v) is 14.4. The SMILES string of the molecule is CCN(C(=O)c1ccc(F)c(F)c1)C(c1ccccc1)c1ccccc1. The fourth-order valence-corrected chi connectivity index (χ4v) is 3.06. The van der Waals surface area contributed by atoms with Gasteiger partial charge < -0.3 is 4.90 Å². The molecule has 0 aliphatic heterocycles. The number of amides is 1. The molecule has 0 aliphatic carbocycles. The molecule has 1 amide bonds. The van der Waals surface area contributed by atoms with Crippen LogP contribution >= 0.6 is 0 Å². The van der Waals surface area contributed by atoms with Crippen LogP contribution in [0, 0.1) is 11.6 Å². The van der Waals surface area contributed by atoms with Crippen LogP contribution in [0.4, 0.5) is 8.78 Å². The van der Waals surface area contributed by atoms with Crippen molar-refractivity contribution in [3.8, 4) is 0 Å². The molecule has 3 aromatic carbocycles. The van der Waals surface area contributed by atoms with Gasteiger partial charge in [-0.05, 0) is 36.2 Å². The number of halogens is 2. The number of hydrogen-bond acceptors (Lipinski definition) is 1. The highest BCUT2D eigenvalue weighted by molar-refractivity contribution is 5.94. The number of benzene rings is 3. The van der Waals surface area contributed by atoms with E-state index in [1.54, 1.807) is 4.90 Å². The van der Waals surface area contributed by atoms with Gasteiger partial charge in [0, 0.05) is 12.1 Å². The van der Waals surface area contributed by atoms with E-state index in [1.165, 1.54) is 6.07 Å². The van der Waals surface area contributed by atoms with E-state index in [4.69, 9.17) is 0 Å². The van der Waals surface area contributed by atoms with E-state index >= 15 is 0 Å². The monoisotopic (exact) mass is 351 g/mol. The summed E-state index contributed by atoms with van der Waals surface area (Å²) < 4.78 is 26.8. The third kappa shape index (κ3) is 3.64. The van der Waals surface area contributed by atoms with Crippen molar-refractivity contribution >= 4 is 5.91 Å². The molecule has 0 aliphatic rings. The van der Waals surface area contributed by atoms with Gasteiger partial charge in [0.05, 0.1) is 6.04 Å². The van der Waals surface area contributed by atoms with Crippen LogP contribution in [0.1, 0.15) is 34.5 Å². The summed E-state index contributed by atoms with van der Waals surface area (Å²) >= 11 is 0. The molecule has 26 heavy (non-hydrogen) atoms. The number of nitrogens with zero attached hydrogens (tertiary/aromatic N) is 1. The third-order valence-corrected chi connectivity index (χ3v) is 4.31. The minimum Gasteiger partial charge on any atom is -0.328 e. The standard InChI is InChI=1S/C22H19F2NO/c1-2-25(22(26)18-13-14-19(23)20(24)15-18)21(16-9-5-3-6-10-16)17-11-7-4-8-12-17/h3-15,21H,2H2,1H3. The highest BCUT2D eigenvalue weighted by Gasteiger charge is 2.26. The maximum atomic E-state index is 13.6. The summed E-state index contributed by atoms with van der Waals surface area (Å²) in [7, 11) is 0. The van der Waals surface area contributed by atoms with Crippen LogP contribution in [-0.2, 0) is 0 Å². The Labute approximate surface area is 151 Å². The van der Waals surface area contributed by atoms with Crippen LogP contribution in [0.15, 0.2) is 78.9 Å². The Balaban J connectivity index is 2.05. The zero-order chi connectivity index (χ0) is 18.5. The van der Waals surface area contributed by atoms with Gasteiger partial charge in [-0.15, -0.1) is 0 Å². The molecular formula is C22H19F2NO. The van der Waals surface area contributed by atoms with Gasteiger partial charge in [-0.2, -0.15) is 0 Å². The average Bonchev–Trinajstić information content (AvgIpc) is 2.69. The Bertz CT molecular complexity index is 842. The van der Waals surface area contributed by atoms with Crippen LogP contribution in [0.2, 0.25) is 0 Å². The smallest absolute Gasteiger partial charge is 0.254 e. The lowest BCUT2D eigenvalue weighted by Crippen LogP contribution is -2.35. The lowest BCUT2D eigenvalue weighted by Gasteiger charge is -2.32. The van der Waals surface area contributed by atoms with E-state index in [-0.39, 0.29) is 17.5 Å². The Morgan fingerprint density at radius 1 is 0.846 bits per heavy atom. The van der Waals surface area contributed by atoms with Gasteiger partial charge in [-0.1, -0.05) is 60.7 Å². The first-order chi connectivity index (χ1) is 12.6. The Hall–Kier alpha value is -3.01. The average molecular weight is 351 g/mol. The molecule has 0 saturated heterocycles. The van der Waals surface area contributed by atoms with Crippen LogP contribution in [0.3, 0.4) is 0 Å². The second-order valence-electron chi connectivity index (χ2n) is 5.94. The quantitative estimate of drug-likeness (QED) is 0.617. The van der Waals surface area contributed by atoms with Crippen molar-refractivity contribution < 1.29 is 13.6 Å². The fourth-order valence-electron chi connectivity index (χ4n) is 3.06. The summed E-state index contributed by atoms with van der Waals surface area (Å²) in [5.74, 6) is -2.33. The second kappa shape index (κ2) is 7.91. The molecule has 2 nitrogen and oxygen atoms in total. The molecule has 0 spiro atoms. The molecule has 0 radical (unpaired) electrons. The minimum atomic E-state index is -1.03. The van der Waals surface area contributed by atoms with Crippen LogP contribution in [0.25, 0.3) is 0 Å². The maximum absolute atomic E-state index is 13.6. The van der Waals surface area contributed by atoms with Gasteiger partial charge in [0.1, 0.15) is 0 Å². The normalized spacial score (nSPS) is 10.8. The van der Waals surface area contributed by atoms with Crippen molar-refractivity contribution in [1.29, 1.82) is 0 Å². The van der Waals surface area contributed by atoms with Gasteiger partial charge in [-0.3, -0.25) is 4.79 Å². The first-order valence-electron chi connectivity index (χ1n) is 8.47. The Morgan fingerprint density at radius 3 is 1.85 bits per heavy atom. The van der Waals surface area contributed by atoms with Gasteiger partial charge in [0.15, 0.2) is 11.6 Å². The second-order valence-corrected chi connectivity index (χ2v) is 5.94. The molecule has 0 atom stereocenters. The van der Waals surface area contributed by atoms with Gasteiger partial charge >= 0.3 is 0 Å². The predicted molar refractivity (Wildman–Crippen MR) is 97.8 cm³/mol. The molecule has 132 valence electrons. The molecule has 0 aromatic heterocycles. The summed E-state index contributed by atoms with van der Waals surface area (Å²) in [5, 5.41) is 0. The summed E-state index contributed by atoms with van der Waals surface area (Å²) in [6, 6.07) is 22.3. The van der Waals surface area contributed by atoms with Crippen molar-refractivity contribution in [1.82, 2.24) is 4.90 Å². The lowest BCUT2D eigenvalue weighted by atomic mass is 9.96. The molecule has 0 fully saturated rings. The van der Waals surface area contributed by atoms with Crippen molar-refractivity contribution in [3.63, 3.8) is 0 Å². The first kappa shape index (κ1) is 17.8. The summed E-state index contributed by atoms with van der Waals surface area (Å²) in [5.41, 5.74) is 2.04. The Morgan fingerprint density at radius 2 is 1.38 bits per heavy atom. The van der Waals surface area contributed by atoms with Gasteiger partial charge in [-0.25, -0.2) is 8.78 Å². The maximum Gasteiger partial charge on any atom is 0.254 e. The van der Waals surface area contributed by atoms with Gasteiger partial charge in [0.2, 0.25) is 0 Å². The van der Waals surface area contributed by atoms with Crippen molar-refractivity contribution in [2.45, 2.75) is 13.0 Å². The molecule has 4 heteroatoms. The molecule has 3 rings (SSSR count). The Kier molecular flexibility index (Phi) is 5.42. The van der Waals surface area contributed by atoms with E-state index in [1.807, 2.05) is 67.6 Å². The predicted octanol–water partition coefficient (Wildman–Crippen LogP) is 5.22. The van der Waals surface area contributed by atoms with Crippen molar-refractivity contribution in [2.75, 3.05) is 6.54 Å². The molecule has 0 unspecified atom stereocenters. The van der Waals surface area contributed by atoms with Crippen molar-refractivity contribution in [3.05, 3.63) is 107 Å². The zero-order valence-electron chi connectivity index (χ0n) is 14.4. The van der Waals surface area contributed by atoms with E-state index in [2.05, 4.69) is 0 Å². The molecule has 0 N–H and O–H groups in total. The van der Waals surface area contributed by atoms with Crippen LogP contribution in [0.5, 0.6) is 0 Å². The minimum absolute atomic E-state index is 0.127. The van der Waals surface area contributed by atoms with E-state index < -0.39 is 11.6 Å². The largest absolute Gasteiger partial charge is 0.328 e. The molecular weight excluding hydrogens is 332 g/mol. The molecule has 0 bridgehead atoms. The number of rotatable bonds is 5. The van der Waals surface area contributed by atoms with Crippen LogP contribution < -0.4 is 0 Å². The van der Waals surface area contributed by atoms with E-state index in [9.17, 15) is 13.6 Å². The first-order valence-corrected chi connectivity index (χ1v) is 8.47. The van der Waals surface area contributed by atoms with E-state index in [0.29, 0.717) is 6.54 Å².